The maximum Gasteiger partial charge on any atom is 0.339 e. The van der Waals surface area contributed by atoms with Crippen molar-refractivity contribution >= 4 is 58.3 Å². The zero-order valence-corrected chi connectivity index (χ0v) is 11.0. The molecule has 0 heterocycles. The molecule has 0 aliphatic carbocycles. The van der Waals surface area contributed by atoms with Crippen molar-refractivity contribution in [1.82, 2.24) is 0 Å². The Balaban J connectivity index is 0. The number of halogens is 4. The first-order chi connectivity index (χ1) is 6.36. The molecule has 0 rings (SSSR count). The van der Waals surface area contributed by atoms with Crippen molar-refractivity contribution < 1.29 is 19.8 Å². The fourth-order valence-electron chi connectivity index (χ4n) is 0.266. The predicted molar refractivity (Wildman–Crippen MR) is 60.1 cm³/mol. The number of alkyl halides is 4. The Morgan fingerprint density at radius 3 is 1.33 bits per heavy atom. The molecule has 0 amide bonds. The minimum Gasteiger partial charge on any atom is -0.481 e. The van der Waals surface area contributed by atoms with Gasteiger partial charge in [0.05, 0.1) is 6.42 Å². The smallest absolute Gasteiger partial charge is 0.339 e. The summed E-state index contributed by atoms with van der Waals surface area (Å²) in [5, 5.41) is 16.1. The van der Waals surface area contributed by atoms with E-state index in [1.807, 2.05) is 0 Å². The summed E-state index contributed by atoms with van der Waals surface area (Å²) in [6.07, 6.45) is -0.226. The van der Waals surface area contributed by atoms with Crippen molar-refractivity contribution in [2.24, 2.45) is 0 Å². The quantitative estimate of drug-likeness (QED) is 0.786. The second kappa shape index (κ2) is 6.63. The van der Waals surface area contributed by atoms with Crippen LogP contribution in [0.3, 0.4) is 0 Å². The second-order valence-electron chi connectivity index (χ2n) is 2.83. The molecule has 0 atom stereocenters. The topological polar surface area (TPSA) is 74.6 Å². The Kier molecular flexibility index (Phi) is 7.74. The zero-order chi connectivity index (χ0) is 12.9. The van der Waals surface area contributed by atoms with E-state index in [9.17, 15) is 9.59 Å². The largest absolute Gasteiger partial charge is 0.481 e. The molecule has 15 heavy (non-hydrogen) atoms. The van der Waals surface area contributed by atoms with E-state index in [4.69, 9.17) is 56.6 Å². The Morgan fingerprint density at radius 2 is 1.33 bits per heavy atom. The number of aliphatic carboxylic acids is 2. The summed E-state index contributed by atoms with van der Waals surface area (Å²) < 4.78 is -2.77. The van der Waals surface area contributed by atoms with Crippen LogP contribution in [0.1, 0.15) is 20.3 Å². The molecule has 0 spiro atoms. The van der Waals surface area contributed by atoms with Crippen molar-refractivity contribution in [3.63, 3.8) is 0 Å². The molecule has 2 N–H and O–H groups in total. The predicted octanol–water partition coefficient (Wildman–Crippen LogP) is 2.92. The molecule has 0 aromatic heterocycles. The van der Waals surface area contributed by atoms with E-state index in [0.29, 0.717) is 0 Å². The molecule has 90 valence electrons. The fraction of sp³-hybridized carbons (Fsp3) is 0.714. The number of carbonyl (C=O) groups is 2. The maximum atomic E-state index is 9.85. The molecule has 0 fully saturated rings. The van der Waals surface area contributed by atoms with Gasteiger partial charge in [0.2, 0.25) is 4.33 Å². The van der Waals surface area contributed by atoms with Gasteiger partial charge in [0.1, 0.15) is 4.33 Å². The van der Waals surface area contributed by atoms with E-state index < -0.39 is 20.6 Å². The van der Waals surface area contributed by atoms with Gasteiger partial charge >= 0.3 is 11.9 Å². The maximum absolute atomic E-state index is 9.85. The van der Waals surface area contributed by atoms with E-state index >= 15 is 0 Å². The molecule has 0 aliphatic rings. The van der Waals surface area contributed by atoms with Crippen molar-refractivity contribution in [3.8, 4) is 0 Å². The average molecular weight is 300 g/mol. The van der Waals surface area contributed by atoms with Crippen LogP contribution in [0.2, 0.25) is 0 Å². The van der Waals surface area contributed by atoms with Crippen molar-refractivity contribution in [1.29, 1.82) is 0 Å². The molecule has 0 radical (unpaired) electrons. The van der Waals surface area contributed by atoms with E-state index in [0.717, 1.165) is 0 Å². The second-order valence-corrected chi connectivity index (χ2v) is 6.40. The highest BCUT2D eigenvalue weighted by Gasteiger charge is 2.25. The SMILES string of the molecule is CC(Cl)(Cl)C(=O)O.CC(Cl)(Cl)CC(=O)O. The molecule has 0 aromatic carbocycles. The molecule has 0 saturated heterocycles. The van der Waals surface area contributed by atoms with Gasteiger partial charge in [-0.15, -0.1) is 23.2 Å². The van der Waals surface area contributed by atoms with E-state index in [1.54, 1.807) is 0 Å². The summed E-state index contributed by atoms with van der Waals surface area (Å²) in [6, 6.07) is 0. The third-order valence-corrected chi connectivity index (χ3v) is 1.43. The van der Waals surface area contributed by atoms with Crippen molar-refractivity contribution in [2.75, 3.05) is 0 Å². The fourth-order valence-corrected chi connectivity index (χ4v) is 0.494. The Morgan fingerprint density at radius 1 is 1.07 bits per heavy atom. The summed E-state index contributed by atoms with van der Waals surface area (Å²) in [5.41, 5.74) is 0. The average Bonchev–Trinajstić information content (AvgIpc) is 1.78. The summed E-state index contributed by atoms with van der Waals surface area (Å²) >= 11 is 20.7. The Labute approximate surface area is 107 Å². The molecule has 0 aliphatic heterocycles. The molecule has 0 saturated carbocycles. The van der Waals surface area contributed by atoms with Crippen molar-refractivity contribution in [2.45, 2.75) is 28.9 Å². The van der Waals surface area contributed by atoms with Crippen LogP contribution in [0.25, 0.3) is 0 Å². The number of rotatable bonds is 3. The molecule has 4 nitrogen and oxygen atoms in total. The van der Waals surface area contributed by atoms with Crippen molar-refractivity contribution in [3.05, 3.63) is 0 Å². The van der Waals surface area contributed by atoms with Gasteiger partial charge in [-0.3, -0.25) is 4.79 Å². The van der Waals surface area contributed by atoms with Crippen LogP contribution < -0.4 is 0 Å². The lowest BCUT2D eigenvalue weighted by atomic mass is 10.3. The zero-order valence-electron chi connectivity index (χ0n) is 7.93. The third-order valence-electron chi connectivity index (χ3n) is 0.837. The minimum absolute atomic E-state index is 0.226. The lowest BCUT2D eigenvalue weighted by molar-refractivity contribution is -0.138. The van der Waals surface area contributed by atoms with E-state index in [1.165, 1.54) is 13.8 Å². The highest BCUT2D eigenvalue weighted by molar-refractivity contribution is 6.56. The van der Waals surface area contributed by atoms with Gasteiger partial charge in [0.15, 0.2) is 0 Å². The number of hydrogen-bond donors (Lipinski definition) is 2. The summed E-state index contributed by atoms with van der Waals surface area (Å²) in [4.78, 5) is 19.6. The highest BCUT2D eigenvalue weighted by Crippen LogP contribution is 2.23. The van der Waals surface area contributed by atoms with Gasteiger partial charge in [-0.1, -0.05) is 23.2 Å². The highest BCUT2D eigenvalue weighted by atomic mass is 35.5. The Hall–Kier alpha value is 0.1000. The Bertz CT molecular complexity index is 228. The van der Waals surface area contributed by atoms with Gasteiger partial charge < -0.3 is 10.2 Å². The third kappa shape index (κ3) is 16.8. The first-order valence-electron chi connectivity index (χ1n) is 3.57. The van der Waals surface area contributed by atoms with E-state index in [2.05, 4.69) is 0 Å². The van der Waals surface area contributed by atoms with Gasteiger partial charge in [-0.05, 0) is 13.8 Å². The number of carboxylic acid groups (broad SMARTS) is 2. The van der Waals surface area contributed by atoms with Gasteiger partial charge in [0, 0.05) is 0 Å². The first kappa shape index (κ1) is 17.5. The van der Waals surface area contributed by atoms with Crippen LogP contribution >= 0.6 is 46.4 Å². The summed E-state index contributed by atoms with van der Waals surface area (Å²) in [6.45, 7) is 2.63. The molecule has 0 unspecified atom stereocenters. The number of hydrogen-bond acceptors (Lipinski definition) is 2. The van der Waals surface area contributed by atoms with Crippen LogP contribution in [0, 0.1) is 0 Å². The monoisotopic (exact) mass is 298 g/mol. The number of carboxylic acids is 2. The normalized spacial score (nSPS) is 11.3. The first-order valence-corrected chi connectivity index (χ1v) is 5.08. The van der Waals surface area contributed by atoms with Crippen LogP contribution in [0.15, 0.2) is 0 Å². The molecular weight excluding hydrogens is 290 g/mol. The molecular formula is C7H10Cl4O4. The van der Waals surface area contributed by atoms with E-state index in [-0.39, 0.29) is 6.42 Å². The van der Waals surface area contributed by atoms with Crippen LogP contribution in [0.4, 0.5) is 0 Å². The van der Waals surface area contributed by atoms with Crippen LogP contribution in [-0.2, 0) is 9.59 Å². The summed E-state index contributed by atoms with van der Waals surface area (Å²) in [5.74, 6) is -2.21. The van der Waals surface area contributed by atoms with Crippen LogP contribution in [-0.4, -0.2) is 30.8 Å². The van der Waals surface area contributed by atoms with Crippen LogP contribution in [0.5, 0.6) is 0 Å². The standard InChI is InChI=1S/C4H6Cl2O2.C3H4Cl2O2/c1-4(5,6)2-3(7)8;1-3(4,5)2(6)7/h2H2,1H3,(H,7,8);1H3,(H,6,7). The summed E-state index contributed by atoms with van der Waals surface area (Å²) in [7, 11) is 0. The lowest BCUT2D eigenvalue weighted by Crippen LogP contribution is -2.19. The lowest BCUT2D eigenvalue weighted by Gasteiger charge is -2.07. The van der Waals surface area contributed by atoms with Gasteiger partial charge in [0.25, 0.3) is 0 Å². The minimum atomic E-state index is -1.64. The van der Waals surface area contributed by atoms with Gasteiger partial charge in [-0.2, -0.15) is 0 Å². The van der Waals surface area contributed by atoms with Gasteiger partial charge in [-0.25, -0.2) is 4.79 Å². The molecule has 0 aromatic rings. The molecule has 8 heteroatoms. The molecule has 0 bridgehead atoms.